The zero-order chi connectivity index (χ0) is 16.4. The molecule has 2 aromatic carbocycles. The summed E-state index contributed by atoms with van der Waals surface area (Å²) in [6.45, 7) is 1.68. The summed E-state index contributed by atoms with van der Waals surface area (Å²) in [5.74, 6) is -0.159. The standard InChI is InChI=1S/C19H20N2O2/c1-19(20,14-7-3-2-4-8-14)18(23)21-15-11-10-13-6-5-9-17(22)16(13)12-15/h2-4,7-8,10-12H,5-6,9,20H2,1H3,(H,21,23). The van der Waals surface area contributed by atoms with E-state index in [1.165, 1.54) is 0 Å². The molecule has 0 aliphatic heterocycles. The molecular formula is C19H20N2O2. The SMILES string of the molecule is CC(N)(C(=O)Nc1ccc2c(c1)C(=O)CCC2)c1ccccc1. The first-order chi connectivity index (χ1) is 11.0. The van der Waals surface area contributed by atoms with Gasteiger partial charge in [0.25, 0.3) is 0 Å². The van der Waals surface area contributed by atoms with Crippen molar-refractivity contribution in [2.75, 3.05) is 5.32 Å². The Morgan fingerprint density at radius 1 is 1.13 bits per heavy atom. The smallest absolute Gasteiger partial charge is 0.248 e. The lowest BCUT2D eigenvalue weighted by Gasteiger charge is -2.24. The first-order valence-corrected chi connectivity index (χ1v) is 7.80. The van der Waals surface area contributed by atoms with E-state index >= 15 is 0 Å². The lowest BCUT2D eigenvalue weighted by molar-refractivity contribution is -0.120. The lowest BCUT2D eigenvalue weighted by atomic mass is 9.89. The molecule has 1 atom stereocenters. The van der Waals surface area contributed by atoms with Crippen LogP contribution in [-0.2, 0) is 16.8 Å². The van der Waals surface area contributed by atoms with Gasteiger partial charge in [-0.3, -0.25) is 9.59 Å². The van der Waals surface area contributed by atoms with Crippen LogP contribution in [0.1, 0.15) is 41.3 Å². The van der Waals surface area contributed by atoms with Crippen molar-refractivity contribution in [1.29, 1.82) is 0 Å². The third-order valence-corrected chi connectivity index (χ3v) is 4.36. The van der Waals surface area contributed by atoms with Gasteiger partial charge in [0.1, 0.15) is 5.54 Å². The van der Waals surface area contributed by atoms with E-state index in [1.54, 1.807) is 13.0 Å². The highest BCUT2D eigenvalue weighted by Gasteiger charge is 2.30. The van der Waals surface area contributed by atoms with Crippen LogP contribution in [0, 0.1) is 0 Å². The van der Waals surface area contributed by atoms with Crippen LogP contribution >= 0.6 is 0 Å². The second-order valence-electron chi connectivity index (χ2n) is 6.17. The molecule has 1 aliphatic carbocycles. The predicted octanol–water partition coefficient (Wildman–Crippen LogP) is 3.02. The van der Waals surface area contributed by atoms with Crippen LogP contribution in [0.4, 0.5) is 5.69 Å². The molecule has 1 unspecified atom stereocenters. The maximum atomic E-state index is 12.6. The molecule has 0 spiro atoms. The normalized spacial score (nSPS) is 16.3. The van der Waals surface area contributed by atoms with Crippen molar-refractivity contribution < 1.29 is 9.59 Å². The van der Waals surface area contributed by atoms with E-state index in [1.807, 2.05) is 42.5 Å². The highest BCUT2D eigenvalue weighted by Crippen LogP contribution is 2.26. The van der Waals surface area contributed by atoms with Crippen molar-refractivity contribution in [3.63, 3.8) is 0 Å². The van der Waals surface area contributed by atoms with Crippen LogP contribution in [0.3, 0.4) is 0 Å². The van der Waals surface area contributed by atoms with Crippen LogP contribution in [0.25, 0.3) is 0 Å². The second-order valence-corrected chi connectivity index (χ2v) is 6.17. The number of nitrogens with two attached hydrogens (primary N) is 1. The Balaban J connectivity index is 1.83. The van der Waals surface area contributed by atoms with Crippen molar-refractivity contribution in [1.82, 2.24) is 0 Å². The zero-order valence-corrected chi connectivity index (χ0v) is 13.1. The van der Waals surface area contributed by atoms with Crippen molar-refractivity contribution in [3.05, 3.63) is 65.2 Å². The maximum absolute atomic E-state index is 12.6. The van der Waals surface area contributed by atoms with E-state index in [2.05, 4.69) is 5.32 Å². The number of carbonyl (C=O) groups is 2. The van der Waals surface area contributed by atoms with E-state index in [0.717, 1.165) is 24.0 Å². The lowest BCUT2D eigenvalue weighted by Crippen LogP contribution is -2.45. The molecule has 2 aromatic rings. The summed E-state index contributed by atoms with van der Waals surface area (Å²) in [6, 6.07) is 14.7. The summed E-state index contributed by atoms with van der Waals surface area (Å²) in [5, 5.41) is 2.84. The molecule has 118 valence electrons. The molecule has 1 amide bonds. The highest BCUT2D eigenvalue weighted by atomic mass is 16.2. The van der Waals surface area contributed by atoms with Gasteiger partial charge in [0.2, 0.25) is 5.91 Å². The first kappa shape index (κ1) is 15.4. The summed E-state index contributed by atoms with van der Waals surface area (Å²) < 4.78 is 0. The number of hydrogen-bond acceptors (Lipinski definition) is 3. The Hall–Kier alpha value is -2.46. The van der Waals surface area contributed by atoms with Gasteiger partial charge in [0.15, 0.2) is 5.78 Å². The summed E-state index contributed by atoms with van der Waals surface area (Å²) in [6.07, 6.45) is 2.38. The van der Waals surface area contributed by atoms with Gasteiger partial charge >= 0.3 is 0 Å². The Kier molecular flexibility index (Phi) is 4.01. The van der Waals surface area contributed by atoms with Gasteiger partial charge in [-0.1, -0.05) is 36.4 Å². The molecule has 4 nitrogen and oxygen atoms in total. The molecule has 0 saturated carbocycles. The summed E-state index contributed by atoms with van der Waals surface area (Å²) in [5.41, 5.74) is 8.20. The van der Waals surface area contributed by atoms with E-state index < -0.39 is 5.54 Å². The van der Waals surface area contributed by atoms with Crippen LogP contribution in [0.2, 0.25) is 0 Å². The van der Waals surface area contributed by atoms with E-state index in [0.29, 0.717) is 17.7 Å². The molecular weight excluding hydrogens is 288 g/mol. The fourth-order valence-electron chi connectivity index (χ4n) is 2.88. The average Bonchev–Trinajstić information content (AvgIpc) is 2.56. The van der Waals surface area contributed by atoms with Crippen molar-refractivity contribution in [2.45, 2.75) is 31.7 Å². The Labute approximate surface area is 135 Å². The first-order valence-electron chi connectivity index (χ1n) is 7.80. The Morgan fingerprint density at radius 3 is 2.61 bits per heavy atom. The van der Waals surface area contributed by atoms with Crippen molar-refractivity contribution >= 4 is 17.4 Å². The average molecular weight is 308 g/mol. The number of amides is 1. The van der Waals surface area contributed by atoms with Gasteiger partial charge in [0, 0.05) is 17.7 Å². The van der Waals surface area contributed by atoms with E-state index in [4.69, 9.17) is 5.73 Å². The fraction of sp³-hybridized carbons (Fsp3) is 0.263. The second kappa shape index (κ2) is 5.97. The van der Waals surface area contributed by atoms with Crippen molar-refractivity contribution in [3.8, 4) is 0 Å². The molecule has 3 rings (SSSR count). The number of benzene rings is 2. The van der Waals surface area contributed by atoms with Gasteiger partial charge in [-0.15, -0.1) is 0 Å². The molecule has 0 bridgehead atoms. The molecule has 4 heteroatoms. The van der Waals surface area contributed by atoms with Gasteiger partial charge in [-0.2, -0.15) is 0 Å². The Morgan fingerprint density at radius 2 is 1.87 bits per heavy atom. The van der Waals surface area contributed by atoms with Gasteiger partial charge in [0.05, 0.1) is 0 Å². The minimum atomic E-state index is -1.14. The fourth-order valence-corrected chi connectivity index (χ4v) is 2.88. The third kappa shape index (κ3) is 3.03. The molecule has 0 heterocycles. The monoisotopic (exact) mass is 308 g/mol. The molecule has 3 N–H and O–H groups in total. The maximum Gasteiger partial charge on any atom is 0.248 e. The quantitative estimate of drug-likeness (QED) is 0.915. The topological polar surface area (TPSA) is 72.2 Å². The van der Waals surface area contributed by atoms with Gasteiger partial charge in [-0.05, 0) is 43.0 Å². The van der Waals surface area contributed by atoms with E-state index in [-0.39, 0.29) is 11.7 Å². The third-order valence-electron chi connectivity index (χ3n) is 4.36. The molecule has 0 saturated heterocycles. The molecule has 23 heavy (non-hydrogen) atoms. The molecule has 1 aliphatic rings. The van der Waals surface area contributed by atoms with E-state index in [9.17, 15) is 9.59 Å². The number of ketones is 1. The van der Waals surface area contributed by atoms with Crippen LogP contribution in [0.15, 0.2) is 48.5 Å². The minimum absolute atomic E-state index is 0.140. The number of anilines is 1. The van der Waals surface area contributed by atoms with Crippen LogP contribution < -0.4 is 11.1 Å². The molecule has 0 radical (unpaired) electrons. The summed E-state index contributed by atoms with van der Waals surface area (Å²) >= 11 is 0. The van der Waals surface area contributed by atoms with Gasteiger partial charge in [-0.25, -0.2) is 0 Å². The Bertz CT molecular complexity index is 751. The minimum Gasteiger partial charge on any atom is -0.324 e. The van der Waals surface area contributed by atoms with Crippen LogP contribution in [0.5, 0.6) is 0 Å². The van der Waals surface area contributed by atoms with Gasteiger partial charge < -0.3 is 11.1 Å². The largest absolute Gasteiger partial charge is 0.324 e. The number of fused-ring (bicyclic) bond motifs is 1. The number of hydrogen-bond donors (Lipinski definition) is 2. The summed E-state index contributed by atoms with van der Waals surface area (Å²) in [7, 11) is 0. The number of aryl methyl sites for hydroxylation is 1. The number of carbonyl (C=O) groups excluding carboxylic acids is 2. The number of rotatable bonds is 3. The van der Waals surface area contributed by atoms with Crippen LogP contribution in [-0.4, -0.2) is 11.7 Å². The highest BCUT2D eigenvalue weighted by molar-refractivity contribution is 6.02. The zero-order valence-electron chi connectivity index (χ0n) is 13.1. The number of nitrogens with one attached hydrogen (secondary N) is 1. The molecule has 0 fully saturated rings. The number of Topliss-reactive ketones (excluding diaryl/α,β-unsaturated/α-hetero) is 1. The molecule has 0 aromatic heterocycles. The summed E-state index contributed by atoms with van der Waals surface area (Å²) in [4.78, 5) is 24.6. The predicted molar refractivity (Wildman–Crippen MR) is 90.3 cm³/mol. The van der Waals surface area contributed by atoms with Crippen molar-refractivity contribution in [2.24, 2.45) is 5.73 Å².